The summed E-state index contributed by atoms with van der Waals surface area (Å²) < 4.78 is 0. The summed E-state index contributed by atoms with van der Waals surface area (Å²) in [5, 5.41) is 32.5. The summed E-state index contributed by atoms with van der Waals surface area (Å²) in [6.45, 7) is 1.92. The van der Waals surface area contributed by atoms with Gasteiger partial charge in [0.05, 0.1) is 16.5 Å². The SMILES string of the molecule is C/C=C/CCc1cc2cc3c(c(O)c2c(=O)[nH]1)C1(CCC3)C(=O)c2c(O)ccc(O)c2C1=O. The number of allylic oxidation sites excluding steroid dienone is 2. The third-order valence-corrected chi connectivity index (χ3v) is 6.88. The molecule has 0 unspecified atom stereocenters. The van der Waals surface area contributed by atoms with E-state index in [-0.39, 0.29) is 28.5 Å². The van der Waals surface area contributed by atoms with E-state index < -0.39 is 39.8 Å². The summed E-state index contributed by atoms with van der Waals surface area (Å²) in [6, 6.07) is 5.92. The van der Waals surface area contributed by atoms with Gasteiger partial charge in [0, 0.05) is 11.3 Å². The largest absolute Gasteiger partial charge is 0.507 e. The Kier molecular flexibility index (Phi) is 4.67. The van der Waals surface area contributed by atoms with E-state index in [0.717, 1.165) is 12.1 Å². The summed E-state index contributed by atoms with van der Waals surface area (Å²) in [5.74, 6) is -2.50. The molecule has 1 spiro atoms. The number of H-pyrrole nitrogens is 1. The molecule has 2 aliphatic carbocycles. The van der Waals surface area contributed by atoms with Crippen molar-refractivity contribution in [3.8, 4) is 17.2 Å². The van der Waals surface area contributed by atoms with Gasteiger partial charge in [0.15, 0.2) is 11.6 Å². The van der Waals surface area contributed by atoms with Crippen molar-refractivity contribution in [2.75, 3.05) is 0 Å². The molecule has 3 aromatic rings. The Hall–Kier alpha value is -3.87. The van der Waals surface area contributed by atoms with Crippen molar-refractivity contribution >= 4 is 22.3 Å². The number of hydrogen-bond acceptors (Lipinski definition) is 6. The topological polar surface area (TPSA) is 128 Å². The lowest BCUT2D eigenvalue weighted by molar-refractivity contribution is 0.0769. The van der Waals surface area contributed by atoms with Gasteiger partial charge in [0.2, 0.25) is 0 Å². The second kappa shape index (κ2) is 7.33. The van der Waals surface area contributed by atoms with Crippen LogP contribution < -0.4 is 5.56 Å². The number of Topliss-reactive ketones (excluding diaryl/α,β-unsaturated/α-hetero) is 2. The number of aryl methyl sites for hydroxylation is 2. The number of fused-ring (bicyclic) bond motifs is 4. The summed E-state index contributed by atoms with van der Waals surface area (Å²) >= 11 is 0. The predicted molar refractivity (Wildman–Crippen MR) is 122 cm³/mol. The maximum absolute atomic E-state index is 13.6. The van der Waals surface area contributed by atoms with Crippen molar-refractivity contribution in [3.63, 3.8) is 0 Å². The third kappa shape index (κ3) is 2.78. The average molecular weight is 445 g/mol. The van der Waals surface area contributed by atoms with E-state index in [2.05, 4.69) is 4.98 Å². The average Bonchev–Trinajstić information content (AvgIpc) is 2.99. The Balaban J connectivity index is 1.76. The van der Waals surface area contributed by atoms with Crippen molar-refractivity contribution in [3.05, 3.63) is 74.7 Å². The van der Waals surface area contributed by atoms with Gasteiger partial charge < -0.3 is 20.3 Å². The van der Waals surface area contributed by atoms with E-state index in [1.54, 1.807) is 6.07 Å². The third-order valence-electron chi connectivity index (χ3n) is 6.88. The van der Waals surface area contributed by atoms with Gasteiger partial charge in [0.25, 0.3) is 5.56 Å². The maximum atomic E-state index is 13.6. The minimum atomic E-state index is -1.78. The molecule has 33 heavy (non-hydrogen) atoms. The van der Waals surface area contributed by atoms with E-state index in [1.165, 1.54) is 12.1 Å². The van der Waals surface area contributed by atoms with E-state index in [9.17, 15) is 29.7 Å². The Bertz CT molecular complexity index is 1400. The number of aromatic amines is 1. The van der Waals surface area contributed by atoms with Gasteiger partial charge in [-0.3, -0.25) is 14.4 Å². The van der Waals surface area contributed by atoms with Crippen LogP contribution in [0.3, 0.4) is 0 Å². The molecule has 5 rings (SSSR count). The quantitative estimate of drug-likeness (QED) is 0.276. The van der Waals surface area contributed by atoms with Crippen LogP contribution in [0.2, 0.25) is 0 Å². The van der Waals surface area contributed by atoms with Crippen molar-refractivity contribution in [2.45, 2.75) is 44.4 Å². The highest BCUT2D eigenvalue weighted by molar-refractivity contribution is 6.35. The molecule has 0 radical (unpaired) electrons. The molecule has 0 bridgehead atoms. The molecule has 0 saturated carbocycles. The number of aromatic hydroxyl groups is 3. The van der Waals surface area contributed by atoms with Crippen LogP contribution in [0.25, 0.3) is 10.8 Å². The van der Waals surface area contributed by atoms with Gasteiger partial charge in [-0.15, -0.1) is 0 Å². The second-order valence-corrected chi connectivity index (χ2v) is 8.73. The van der Waals surface area contributed by atoms with Crippen LogP contribution in [-0.2, 0) is 18.3 Å². The fraction of sp³-hybridized carbons (Fsp3) is 0.269. The van der Waals surface area contributed by atoms with Gasteiger partial charge in [-0.1, -0.05) is 18.2 Å². The first kappa shape index (κ1) is 21.0. The van der Waals surface area contributed by atoms with E-state index in [1.807, 2.05) is 25.1 Å². The van der Waals surface area contributed by atoms with Gasteiger partial charge in [-0.2, -0.15) is 0 Å². The lowest BCUT2D eigenvalue weighted by Crippen LogP contribution is -2.41. The molecule has 1 heterocycles. The zero-order valence-corrected chi connectivity index (χ0v) is 18.1. The van der Waals surface area contributed by atoms with Crippen molar-refractivity contribution in [2.24, 2.45) is 0 Å². The first-order valence-corrected chi connectivity index (χ1v) is 11.0. The number of carbonyl (C=O) groups is 2. The van der Waals surface area contributed by atoms with Gasteiger partial charge in [-0.25, -0.2) is 0 Å². The molecule has 7 heteroatoms. The molecule has 0 fully saturated rings. The van der Waals surface area contributed by atoms with Gasteiger partial charge >= 0.3 is 0 Å². The van der Waals surface area contributed by atoms with Crippen LogP contribution in [-0.4, -0.2) is 31.9 Å². The summed E-state index contributed by atoms with van der Waals surface area (Å²) in [5.41, 5.74) is -1.29. The fourth-order valence-corrected chi connectivity index (χ4v) is 5.44. The molecule has 0 aliphatic heterocycles. The van der Waals surface area contributed by atoms with E-state index in [4.69, 9.17) is 0 Å². The molecule has 0 saturated heterocycles. The molecule has 2 aromatic carbocycles. The molecule has 0 amide bonds. The summed E-state index contributed by atoms with van der Waals surface area (Å²) in [4.78, 5) is 42.9. The maximum Gasteiger partial charge on any atom is 0.259 e. The number of phenols is 3. The number of phenolic OH excluding ortho intramolecular Hbond substituents is 3. The second-order valence-electron chi connectivity index (χ2n) is 8.73. The smallest absolute Gasteiger partial charge is 0.259 e. The molecule has 2 aliphatic rings. The Labute approximate surface area is 189 Å². The van der Waals surface area contributed by atoms with Crippen LogP contribution in [0.1, 0.15) is 63.7 Å². The van der Waals surface area contributed by atoms with Crippen LogP contribution >= 0.6 is 0 Å². The zero-order valence-electron chi connectivity index (χ0n) is 18.1. The number of nitrogens with one attached hydrogen (secondary N) is 1. The number of hydrogen-bond donors (Lipinski definition) is 4. The van der Waals surface area contributed by atoms with Crippen LogP contribution in [0.5, 0.6) is 17.2 Å². The minimum Gasteiger partial charge on any atom is -0.507 e. The number of aromatic nitrogens is 1. The highest BCUT2D eigenvalue weighted by Gasteiger charge is 2.59. The lowest BCUT2D eigenvalue weighted by Gasteiger charge is -2.34. The van der Waals surface area contributed by atoms with Crippen LogP contribution in [0.15, 0.2) is 41.2 Å². The van der Waals surface area contributed by atoms with Crippen molar-refractivity contribution in [1.29, 1.82) is 0 Å². The Morgan fingerprint density at radius 2 is 1.70 bits per heavy atom. The van der Waals surface area contributed by atoms with Crippen molar-refractivity contribution < 1.29 is 24.9 Å². The van der Waals surface area contributed by atoms with E-state index >= 15 is 0 Å². The van der Waals surface area contributed by atoms with Gasteiger partial charge in [-0.05, 0) is 68.2 Å². The molecular weight excluding hydrogens is 422 g/mol. The molecule has 7 nitrogen and oxygen atoms in total. The first-order chi connectivity index (χ1) is 15.8. The Morgan fingerprint density at radius 1 is 1.03 bits per heavy atom. The first-order valence-electron chi connectivity index (χ1n) is 11.0. The lowest BCUT2D eigenvalue weighted by atomic mass is 9.66. The zero-order chi connectivity index (χ0) is 23.5. The molecule has 168 valence electrons. The molecule has 1 aromatic heterocycles. The predicted octanol–water partition coefficient (Wildman–Crippen LogP) is 3.81. The molecule has 4 N–H and O–H groups in total. The fourth-order valence-electron chi connectivity index (χ4n) is 5.44. The highest BCUT2D eigenvalue weighted by Crippen LogP contribution is 2.54. The van der Waals surface area contributed by atoms with E-state index in [0.29, 0.717) is 30.2 Å². The van der Waals surface area contributed by atoms with Crippen LogP contribution in [0.4, 0.5) is 0 Å². The number of ketones is 2. The molecular formula is C26H23NO6. The summed E-state index contributed by atoms with van der Waals surface area (Å²) in [7, 11) is 0. The highest BCUT2D eigenvalue weighted by atomic mass is 16.3. The number of benzene rings is 2. The normalized spacial score (nSPS) is 16.6. The standard InChI is InChI=1S/C26H23NO6/c1-2-3-4-7-15-12-14-11-13-6-5-10-26(21(13)22(30)18(14)25(33)27-15)23(31)19-16(28)8-9-17(29)20(19)24(26)32/h2-3,8-9,11-12,28-30H,4-7,10H2,1H3,(H,27,33)/b3-2+. The number of rotatable bonds is 3. The minimum absolute atomic E-state index is 0.0230. The molecule has 0 atom stereocenters. The van der Waals surface area contributed by atoms with Crippen LogP contribution in [0, 0.1) is 0 Å². The monoisotopic (exact) mass is 445 g/mol. The number of carbonyl (C=O) groups excluding carboxylic acids is 2. The summed E-state index contributed by atoms with van der Waals surface area (Å²) in [6.07, 6.45) is 6.46. The Morgan fingerprint density at radius 3 is 2.33 bits per heavy atom. The number of pyridine rings is 1. The van der Waals surface area contributed by atoms with Gasteiger partial charge in [0.1, 0.15) is 22.7 Å². The van der Waals surface area contributed by atoms with Crippen molar-refractivity contribution in [1.82, 2.24) is 4.98 Å².